The molecule has 19 heavy (non-hydrogen) atoms. The molecule has 0 spiro atoms. The van der Waals surface area contributed by atoms with Crippen molar-refractivity contribution in [3.05, 3.63) is 54.2 Å². The van der Waals surface area contributed by atoms with E-state index in [-0.39, 0.29) is 11.8 Å². The van der Waals surface area contributed by atoms with Gasteiger partial charge in [-0.05, 0) is 24.3 Å². The van der Waals surface area contributed by atoms with Gasteiger partial charge >= 0.3 is 0 Å². The zero-order valence-electron chi connectivity index (χ0n) is 10.6. The van der Waals surface area contributed by atoms with Crippen LogP contribution in [-0.4, -0.2) is 17.4 Å². The second-order valence-corrected chi connectivity index (χ2v) is 4.25. The van der Waals surface area contributed by atoms with Crippen LogP contribution in [0.15, 0.2) is 47.2 Å². The summed E-state index contributed by atoms with van der Waals surface area (Å²) in [6, 6.07) is 9.23. The molecule has 0 radical (unpaired) electrons. The molecule has 5 nitrogen and oxygen atoms in total. The van der Waals surface area contributed by atoms with E-state index in [2.05, 4.69) is 10.3 Å². The van der Waals surface area contributed by atoms with Gasteiger partial charge < -0.3 is 15.5 Å². The lowest BCUT2D eigenvalue weighted by atomic mass is 10.0. The predicted molar refractivity (Wildman–Crippen MR) is 71.2 cm³/mol. The monoisotopic (exact) mass is 259 g/mol. The molecule has 1 unspecified atom stereocenters. The molecule has 0 fully saturated rings. The first-order chi connectivity index (χ1) is 9.29. The van der Waals surface area contributed by atoms with E-state index in [4.69, 9.17) is 10.2 Å². The second-order valence-electron chi connectivity index (χ2n) is 4.25. The van der Waals surface area contributed by atoms with E-state index >= 15 is 0 Å². The highest BCUT2D eigenvalue weighted by Crippen LogP contribution is 2.18. The smallest absolute Gasteiger partial charge is 0.221 e. The van der Waals surface area contributed by atoms with Gasteiger partial charge in [-0.1, -0.05) is 6.07 Å². The number of nitrogens with one attached hydrogen (secondary N) is 1. The highest BCUT2D eigenvalue weighted by molar-refractivity contribution is 5.76. The van der Waals surface area contributed by atoms with E-state index in [1.54, 1.807) is 18.5 Å². The Morgan fingerprint density at radius 3 is 2.89 bits per heavy atom. The average Bonchev–Trinajstić information content (AvgIpc) is 2.97. The summed E-state index contributed by atoms with van der Waals surface area (Å²) in [5.41, 5.74) is 6.50. The number of aromatic nitrogens is 1. The molecule has 3 N–H and O–H groups in total. The van der Waals surface area contributed by atoms with Crippen molar-refractivity contribution in [2.24, 2.45) is 5.73 Å². The van der Waals surface area contributed by atoms with E-state index in [1.165, 1.54) is 0 Å². The molecule has 5 heteroatoms. The van der Waals surface area contributed by atoms with Crippen LogP contribution >= 0.6 is 0 Å². The normalized spacial score (nSPS) is 12.1. The number of nitrogens with two attached hydrogens (primary N) is 1. The largest absolute Gasteiger partial charge is 0.469 e. The maximum atomic E-state index is 11.8. The number of carbonyl (C=O) groups is 1. The first-order valence-corrected chi connectivity index (χ1v) is 6.19. The minimum atomic E-state index is -0.0845. The summed E-state index contributed by atoms with van der Waals surface area (Å²) in [5.74, 6) is 0.603. The topological polar surface area (TPSA) is 81.2 Å². The van der Waals surface area contributed by atoms with E-state index in [0.29, 0.717) is 19.5 Å². The van der Waals surface area contributed by atoms with Crippen LogP contribution in [0.2, 0.25) is 0 Å². The van der Waals surface area contributed by atoms with Crippen molar-refractivity contribution in [2.45, 2.75) is 18.9 Å². The van der Waals surface area contributed by atoms with Crippen molar-refractivity contribution in [3.8, 4) is 0 Å². The summed E-state index contributed by atoms with van der Waals surface area (Å²) in [7, 11) is 0. The van der Waals surface area contributed by atoms with Gasteiger partial charge in [0.25, 0.3) is 0 Å². The highest BCUT2D eigenvalue weighted by atomic mass is 16.3. The number of amides is 1. The first-order valence-electron chi connectivity index (χ1n) is 6.19. The Labute approximate surface area is 111 Å². The lowest BCUT2D eigenvalue weighted by Gasteiger charge is -2.11. The molecule has 1 amide bonds. The number of pyridine rings is 1. The Morgan fingerprint density at radius 2 is 2.26 bits per heavy atom. The van der Waals surface area contributed by atoms with Gasteiger partial charge in [0, 0.05) is 25.1 Å². The number of hydrogen-bond acceptors (Lipinski definition) is 4. The molecule has 2 aromatic rings. The third-order valence-corrected chi connectivity index (χ3v) is 2.85. The number of rotatable bonds is 6. The van der Waals surface area contributed by atoms with Crippen molar-refractivity contribution in [1.82, 2.24) is 10.3 Å². The molecule has 0 saturated heterocycles. The fraction of sp³-hybridized carbons (Fsp3) is 0.286. The predicted octanol–water partition coefficient (Wildman–Crippen LogP) is 1.42. The summed E-state index contributed by atoms with van der Waals surface area (Å²) in [5, 5.41) is 2.83. The Morgan fingerprint density at radius 1 is 1.37 bits per heavy atom. The lowest BCUT2D eigenvalue weighted by molar-refractivity contribution is -0.121. The summed E-state index contributed by atoms with van der Waals surface area (Å²) < 4.78 is 5.28. The van der Waals surface area contributed by atoms with Crippen LogP contribution in [0.5, 0.6) is 0 Å². The Balaban J connectivity index is 1.84. The third-order valence-electron chi connectivity index (χ3n) is 2.85. The van der Waals surface area contributed by atoms with Crippen LogP contribution in [0.1, 0.15) is 23.8 Å². The van der Waals surface area contributed by atoms with Gasteiger partial charge in [0.2, 0.25) is 5.91 Å². The molecule has 0 aromatic carbocycles. The van der Waals surface area contributed by atoms with Crippen LogP contribution in [0, 0.1) is 0 Å². The zero-order valence-corrected chi connectivity index (χ0v) is 10.6. The summed E-state index contributed by atoms with van der Waals surface area (Å²) in [6.07, 6.45) is 3.60. The molecule has 0 aliphatic heterocycles. The van der Waals surface area contributed by atoms with E-state index in [0.717, 1.165) is 11.5 Å². The summed E-state index contributed by atoms with van der Waals surface area (Å²) in [6.45, 7) is 0.805. The van der Waals surface area contributed by atoms with E-state index < -0.39 is 0 Å². The van der Waals surface area contributed by atoms with E-state index in [9.17, 15) is 4.79 Å². The fourth-order valence-electron chi connectivity index (χ4n) is 1.81. The molecular formula is C14H17N3O2. The molecule has 2 aromatic heterocycles. The fourth-order valence-corrected chi connectivity index (χ4v) is 1.81. The van der Waals surface area contributed by atoms with Gasteiger partial charge in [0.05, 0.1) is 18.5 Å². The number of nitrogens with zero attached hydrogens (tertiary/aromatic N) is 1. The molecule has 0 aliphatic carbocycles. The molecule has 100 valence electrons. The van der Waals surface area contributed by atoms with Crippen LogP contribution in [0.25, 0.3) is 0 Å². The molecule has 0 bridgehead atoms. The van der Waals surface area contributed by atoms with Crippen molar-refractivity contribution in [3.63, 3.8) is 0 Å². The highest BCUT2D eigenvalue weighted by Gasteiger charge is 2.16. The van der Waals surface area contributed by atoms with Crippen molar-refractivity contribution in [1.29, 1.82) is 0 Å². The van der Waals surface area contributed by atoms with Crippen LogP contribution in [-0.2, 0) is 11.3 Å². The van der Waals surface area contributed by atoms with E-state index in [1.807, 2.05) is 24.3 Å². The molecule has 2 heterocycles. The van der Waals surface area contributed by atoms with Gasteiger partial charge in [0.1, 0.15) is 5.76 Å². The summed E-state index contributed by atoms with van der Waals surface area (Å²) >= 11 is 0. The molecular weight excluding hydrogens is 242 g/mol. The van der Waals surface area contributed by atoms with Gasteiger partial charge in [-0.3, -0.25) is 9.78 Å². The molecule has 1 atom stereocenters. The Bertz CT molecular complexity index is 497. The minimum Gasteiger partial charge on any atom is -0.469 e. The SMILES string of the molecule is NCC(CC(=O)NCc1ccccn1)c1ccco1. The Hall–Kier alpha value is -2.14. The van der Waals surface area contributed by atoms with Gasteiger partial charge in [-0.25, -0.2) is 0 Å². The zero-order chi connectivity index (χ0) is 13.5. The lowest BCUT2D eigenvalue weighted by Crippen LogP contribution is -2.27. The van der Waals surface area contributed by atoms with Gasteiger partial charge in [-0.15, -0.1) is 0 Å². The second kappa shape index (κ2) is 6.70. The third kappa shape index (κ3) is 3.93. The van der Waals surface area contributed by atoms with Crippen LogP contribution < -0.4 is 11.1 Å². The average molecular weight is 259 g/mol. The van der Waals surface area contributed by atoms with Crippen LogP contribution in [0.4, 0.5) is 0 Å². The quantitative estimate of drug-likeness (QED) is 0.822. The molecule has 0 saturated carbocycles. The first kappa shape index (κ1) is 13.3. The number of furan rings is 1. The van der Waals surface area contributed by atoms with Crippen molar-refractivity contribution in [2.75, 3.05) is 6.54 Å². The number of hydrogen-bond donors (Lipinski definition) is 2. The van der Waals surface area contributed by atoms with Crippen LogP contribution in [0.3, 0.4) is 0 Å². The molecule has 0 aliphatic rings. The van der Waals surface area contributed by atoms with Crippen molar-refractivity contribution < 1.29 is 9.21 Å². The number of carbonyl (C=O) groups excluding carboxylic acids is 1. The van der Waals surface area contributed by atoms with Gasteiger partial charge in [-0.2, -0.15) is 0 Å². The standard InChI is InChI=1S/C14H17N3O2/c15-9-11(13-5-3-7-19-13)8-14(18)17-10-12-4-1-2-6-16-12/h1-7,11H,8-10,15H2,(H,17,18). The maximum Gasteiger partial charge on any atom is 0.221 e. The molecule has 2 rings (SSSR count). The van der Waals surface area contributed by atoms with Crippen molar-refractivity contribution >= 4 is 5.91 Å². The Kier molecular flexibility index (Phi) is 4.69. The van der Waals surface area contributed by atoms with Gasteiger partial charge in [0.15, 0.2) is 0 Å². The summed E-state index contributed by atoms with van der Waals surface area (Å²) in [4.78, 5) is 16.0. The minimum absolute atomic E-state index is 0.0579. The maximum absolute atomic E-state index is 11.8.